The summed E-state index contributed by atoms with van der Waals surface area (Å²) in [6.45, 7) is 2.64. The molecule has 0 amide bonds. The molecule has 92 valence electrons. The average Bonchev–Trinajstić information content (AvgIpc) is 2.31. The van der Waals surface area contributed by atoms with E-state index in [0.717, 1.165) is 6.29 Å². The van der Waals surface area contributed by atoms with Crippen molar-refractivity contribution in [1.82, 2.24) is 0 Å². The predicted octanol–water partition coefficient (Wildman–Crippen LogP) is 3.05. The van der Waals surface area contributed by atoms with Gasteiger partial charge in [0.1, 0.15) is 25.3 Å². The molecule has 0 saturated carbocycles. The fraction of sp³-hybridized carbons (Fsp3) is 0.417. The average molecular weight is 303 g/mol. The van der Waals surface area contributed by atoms with E-state index < -0.39 is 0 Å². The number of carbonyl (C=O) groups excluding carboxylic acids is 1. The lowest BCUT2D eigenvalue weighted by molar-refractivity contribution is -0.108. The molecule has 1 aromatic carbocycles. The van der Waals surface area contributed by atoms with Crippen LogP contribution < -0.4 is 9.47 Å². The minimum Gasteiger partial charge on any atom is -0.486 e. The summed E-state index contributed by atoms with van der Waals surface area (Å²) < 4.78 is 25.3. The van der Waals surface area contributed by atoms with E-state index in [0.29, 0.717) is 34.7 Å². The van der Waals surface area contributed by atoms with Gasteiger partial charge in [-0.15, -0.1) is 0 Å². The standard InChI is InChI=1S/C12H12BrFO3/c1-7(2-3-15)10-11(14)8(13)6-9-12(10)17-5-4-16-9/h3,6-7H,2,4-5H2,1H3. The summed E-state index contributed by atoms with van der Waals surface area (Å²) in [5.74, 6) is 0.327. The van der Waals surface area contributed by atoms with Crippen molar-refractivity contribution in [3.63, 3.8) is 0 Å². The van der Waals surface area contributed by atoms with E-state index in [4.69, 9.17) is 9.47 Å². The normalized spacial score (nSPS) is 15.5. The minimum absolute atomic E-state index is 0.236. The third-order valence-corrected chi connectivity index (χ3v) is 3.28. The molecule has 2 rings (SSSR count). The van der Waals surface area contributed by atoms with Gasteiger partial charge < -0.3 is 14.3 Å². The first-order valence-electron chi connectivity index (χ1n) is 5.36. The zero-order valence-corrected chi connectivity index (χ0v) is 10.9. The molecule has 0 aliphatic carbocycles. The van der Waals surface area contributed by atoms with Crippen molar-refractivity contribution in [1.29, 1.82) is 0 Å². The maximum absolute atomic E-state index is 14.1. The number of carbonyl (C=O) groups is 1. The molecule has 3 nitrogen and oxygen atoms in total. The van der Waals surface area contributed by atoms with Crippen molar-refractivity contribution in [2.45, 2.75) is 19.3 Å². The van der Waals surface area contributed by atoms with Gasteiger partial charge in [0, 0.05) is 18.1 Å². The van der Waals surface area contributed by atoms with Crippen LogP contribution in [-0.4, -0.2) is 19.5 Å². The van der Waals surface area contributed by atoms with Gasteiger partial charge in [0.15, 0.2) is 11.5 Å². The van der Waals surface area contributed by atoms with Crippen LogP contribution in [0.1, 0.15) is 24.8 Å². The zero-order chi connectivity index (χ0) is 12.4. The first kappa shape index (κ1) is 12.4. The van der Waals surface area contributed by atoms with Crippen LogP contribution >= 0.6 is 15.9 Å². The molecule has 1 heterocycles. The first-order chi connectivity index (χ1) is 8.15. The Bertz CT molecular complexity index is 448. The lowest BCUT2D eigenvalue weighted by Gasteiger charge is -2.24. The third kappa shape index (κ3) is 2.29. The molecule has 0 N–H and O–H groups in total. The summed E-state index contributed by atoms with van der Waals surface area (Å²) in [7, 11) is 0. The topological polar surface area (TPSA) is 35.5 Å². The van der Waals surface area contributed by atoms with Gasteiger partial charge in [0.2, 0.25) is 0 Å². The largest absolute Gasteiger partial charge is 0.486 e. The van der Waals surface area contributed by atoms with Crippen molar-refractivity contribution in [3.05, 3.63) is 21.9 Å². The molecule has 0 radical (unpaired) electrons. The van der Waals surface area contributed by atoms with E-state index in [1.807, 2.05) is 0 Å². The SMILES string of the molecule is CC(CC=O)c1c(F)c(Br)cc2c1OCCO2. The van der Waals surface area contributed by atoms with Crippen molar-refractivity contribution in [2.75, 3.05) is 13.2 Å². The van der Waals surface area contributed by atoms with Crippen molar-refractivity contribution in [3.8, 4) is 11.5 Å². The van der Waals surface area contributed by atoms with Gasteiger partial charge in [-0.1, -0.05) is 6.92 Å². The van der Waals surface area contributed by atoms with Gasteiger partial charge in [-0.3, -0.25) is 0 Å². The summed E-state index contributed by atoms with van der Waals surface area (Å²) >= 11 is 3.15. The van der Waals surface area contributed by atoms with E-state index in [2.05, 4.69) is 15.9 Å². The first-order valence-corrected chi connectivity index (χ1v) is 6.15. The van der Waals surface area contributed by atoms with E-state index in [9.17, 15) is 9.18 Å². The fourth-order valence-corrected chi connectivity index (χ4v) is 2.28. The van der Waals surface area contributed by atoms with Crippen LogP contribution in [-0.2, 0) is 4.79 Å². The highest BCUT2D eigenvalue weighted by atomic mass is 79.9. The van der Waals surface area contributed by atoms with E-state index in [-0.39, 0.29) is 18.2 Å². The molecule has 0 aromatic heterocycles. The Labute approximate surface area is 107 Å². The molecule has 1 unspecified atom stereocenters. The van der Waals surface area contributed by atoms with Crippen LogP contribution in [0.4, 0.5) is 4.39 Å². The molecule has 0 saturated heterocycles. The molecular formula is C12H12BrFO3. The number of aldehydes is 1. The van der Waals surface area contributed by atoms with Gasteiger partial charge in [-0.25, -0.2) is 4.39 Å². The molecule has 1 aliphatic heterocycles. The second-order valence-electron chi connectivity index (χ2n) is 3.91. The quantitative estimate of drug-likeness (QED) is 0.805. The summed E-state index contributed by atoms with van der Waals surface area (Å²) in [5, 5.41) is 0. The molecule has 1 aliphatic rings. The van der Waals surface area contributed by atoms with E-state index in [1.165, 1.54) is 0 Å². The van der Waals surface area contributed by atoms with Crippen LogP contribution in [0, 0.1) is 5.82 Å². The lowest BCUT2D eigenvalue weighted by Crippen LogP contribution is -2.18. The number of hydrogen-bond acceptors (Lipinski definition) is 3. The Morgan fingerprint density at radius 3 is 2.94 bits per heavy atom. The van der Waals surface area contributed by atoms with Crippen LogP contribution in [0.15, 0.2) is 10.5 Å². The smallest absolute Gasteiger partial charge is 0.167 e. The van der Waals surface area contributed by atoms with Crippen molar-refractivity contribution >= 4 is 22.2 Å². The molecule has 1 aromatic rings. The zero-order valence-electron chi connectivity index (χ0n) is 9.33. The van der Waals surface area contributed by atoms with Crippen molar-refractivity contribution in [2.24, 2.45) is 0 Å². The highest BCUT2D eigenvalue weighted by Crippen LogP contribution is 2.43. The molecule has 1 atom stereocenters. The molecule has 0 spiro atoms. The monoisotopic (exact) mass is 302 g/mol. The Balaban J connectivity index is 2.54. The van der Waals surface area contributed by atoms with Gasteiger partial charge >= 0.3 is 0 Å². The van der Waals surface area contributed by atoms with Gasteiger partial charge in [0.25, 0.3) is 0 Å². The molecule has 0 bridgehead atoms. The molecule has 5 heteroatoms. The molecule has 0 fully saturated rings. The van der Waals surface area contributed by atoms with E-state index in [1.54, 1.807) is 13.0 Å². The highest BCUT2D eigenvalue weighted by Gasteiger charge is 2.25. The number of fused-ring (bicyclic) bond motifs is 1. The Hall–Kier alpha value is -1.10. The third-order valence-electron chi connectivity index (χ3n) is 2.70. The Morgan fingerprint density at radius 1 is 1.53 bits per heavy atom. The number of ether oxygens (including phenoxy) is 2. The molecule has 17 heavy (non-hydrogen) atoms. The number of hydrogen-bond donors (Lipinski definition) is 0. The predicted molar refractivity (Wildman–Crippen MR) is 64.2 cm³/mol. The number of rotatable bonds is 3. The summed E-state index contributed by atoms with van der Waals surface area (Å²) in [6, 6.07) is 1.56. The summed E-state index contributed by atoms with van der Waals surface area (Å²) in [4.78, 5) is 10.5. The van der Waals surface area contributed by atoms with Gasteiger partial charge in [-0.05, 0) is 21.8 Å². The van der Waals surface area contributed by atoms with Crippen molar-refractivity contribution < 1.29 is 18.7 Å². The maximum Gasteiger partial charge on any atom is 0.167 e. The van der Waals surface area contributed by atoms with Crippen LogP contribution in [0.25, 0.3) is 0 Å². The minimum atomic E-state index is -0.386. The second kappa shape index (κ2) is 5.04. The molecular weight excluding hydrogens is 291 g/mol. The van der Waals surface area contributed by atoms with Crippen LogP contribution in [0.3, 0.4) is 0 Å². The highest BCUT2D eigenvalue weighted by molar-refractivity contribution is 9.10. The van der Waals surface area contributed by atoms with Crippen LogP contribution in [0.2, 0.25) is 0 Å². The Kier molecular flexibility index (Phi) is 3.66. The number of benzene rings is 1. The second-order valence-corrected chi connectivity index (χ2v) is 4.77. The fourth-order valence-electron chi connectivity index (χ4n) is 1.86. The summed E-state index contributed by atoms with van der Waals surface area (Å²) in [5.41, 5.74) is 0.404. The number of halogens is 2. The van der Waals surface area contributed by atoms with Gasteiger partial charge in [-0.2, -0.15) is 0 Å². The maximum atomic E-state index is 14.1. The summed E-state index contributed by atoms with van der Waals surface area (Å²) in [6.07, 6.45) is 1.03. The lowest BCUT2D eigenvalue weighted by atomic mass is 9.96. The van der Waals surface area contributed by atoms with Gasteiger partial charge in [0.05, 0.1) is 4.47 Å². The Morgan fingerprint density at radius 2 is 2.24 bits per heavy atom. The van der Waals surface area contributed by atoms with Crippen LogP contribution in [0.5, 0.6) is 11.5 Å². The van der Waals surface area contributed by atoms with E-state index >= 15 is 0 Å².